The summed E-state index contributed by atoms with van der Waals surface area (Å²) >= 11 is 0. The smallest absolute Gasteiger partial charge is 0.246 e. The van der Waals surface area contributed by atoms with Crippen molar-refractivity contribution in [1.29, 1.82) is 0 Å². The van der Waals surface area contributed by atoms with Crippen LogP contribution in [0.1, 0.15) is 6.42 Å². The highest BCUT2D eigenvalue weighted by atomic mass is 32.2. The number of nitrogens with zero attached hydrogens (tertiary/aromatic N) is 1. The van der Waals surface area contributed by atoms with E-state index in [1.54, 1.807) is 11.9 Å². The summed E-state index contributed by atoms with van der Waals surface area (Å²) in [5.74, 6) is -2.25. The fourth-order valence-electron chi connectivity index (χ4n) is 2.31. The van der Waals surface area contributed by atoms with Crippen LogP contribution in [0.4, 0.5) is 8.78 Å². The Morgan fingerprint density at radius 3 is 2.50 bits per heavy atom. The van der Waals surface area contributed by atoms with Gasteiger partial charge in [-0.25, -0.2) is 21.9 Å². The van der Waals surface area contributed by atoms with Crippen molar-refractivity contribution in [3.05, 3.63) is 29.8 Å². The maximum Gasteiger partial charge on any atom is 0.246 e. The third-order valence-electron chi connectivity index (χ3n) is 3.36. The van der Waals surface area contributed by atoms with Crippen molar-refractivity contribution in [2.75, 3.05) is 20.1 Å². The van der Waals surface area contributed by atoms with Crippen LogP contribution in [0, 0.1) is 11.6 Å². The summed E-state index contributed by atoms with van der Waals surface area (Å²) < 4.78 is 53.0. The van der Waals surface area contributed by atoms with Gasteiger partial charge in [0.15, 0.2) is 4.90 Å². The summed E-state index contributed by atoms with van der Waals surface area (Å²) in [7, 11) is -2.51. The third kappa shape index (κ3) is 3.14. The van der Waals surface area contributed by atoms with Gasteiger partial charge < -0.3 is 5.11 Å². The van der Waals surface area contributed by atoms with E-state index in [2.05, 4.69) is 4.72 Å². The Labute approximate surface area is 116 Å². The van der Waals surface area contributed by atoms with Crippen LogP contribution in [0.3, 0.4) is 0 Å². The van der Waals surface area contributed by atoms with E-state index in [1.807, 2.05) is 0 Å². The lowest BCUT2D eigenvalue weighted by molar-refractivity contribution is 0.182. The minimum absolute atomic E-state index is 0.0103. The van der Waals surface area contributed by atoms with E-state index in [9.17, 15) is 22.3 Å². The molecule has 2 N–H and O–H groups in total. The van der Waals surface area contributed by atoms with E-state index < -0.39 is 32.7 Å². The van der Waals surface area contributed by atoms with Crippen LogP contribution < -0.4 is 4.72 Å². The number of aliphatic hydroxyl groups is 1. The molecule has 0 radical (unpaired) electrons. The molecular weight excluding hydrogens is 290 g/mol. The number of halogens is 2. The number of β-amino-alcohol motifs (C(OH)–C–C–N with tert-alkyl or cyclic N) is 1. The molecule has 0 bridgehead atoms. The van der Waals surface area contributed by atoms with Crippen LogP contribution in [0.25, 0.3) is 0 Å². The van der Waals surface area contributed by atoms with E-state index in [1.165, 1.54) is 0 Å². The summed E-state index contributed by atoms with van der Waals surface area (Å²) in [6.45, 7) is 0.435. The number of hydrogen-bond donors (Lipinski definition) is 2. The van der Waals surface area contributed by atoms with Gasteiger partial charge in [-0.15, -0.1) is 0 Å². The molecule has 1 heterocycles. The molecule has 1 saturated heterocycles. The number of hydrogen-bond acceptors (Lipinski definition) is 4. The van der Waals surface area contributed by atoms with Crippen LogP contribution in [0.2, 0.25) is 0 Å². The van der Waals surface area contributed by atoms with E-state index >= 15 is 0 Å². The Balaban J connectivity index is 2.12. The topological polar surface area (TPSA) is 69.6 Å². The van der Waals surface area contributed by atoms with Gasteiger partial charge in [0.2, 0.25) is 10.0 Å². The Morgan fingerprint density at radius 2 is 2.00 bits per heavy atom. The second-order valence-corrected chi connectivity index (χ2v) is 6.59. The predicted octanol–water partition coefficient (Wildman–Crippen LogP) is 0.308. The number of likely N-dealkylation sites (N-methyl/N-ethyl adjacent to an activating group) is 1. The summed E-state index contributed by atoms with van der Waals surface area (Å²) in [6.07, 6.45) is -0.0987. The highest BCUT2D eigenvalue weighted by Gasteiger charge is 2.30. The lowest BCUT2D eigenvalue weighted by Gasteiger charge is -2.19. The van der Waals surface area contributed by atoms with E-state index in [0.29, 0.717) is 13.0 Å². The molecule has 2 atom stereocenters. The average molecular weight is 306 g/mol. The van der Waals surface area contributed by atoms with E-state index in [0.717, 1.165) is 18.2 Å². The molecule has 0 aromatic heterocycles. The van der Waals surface area contributed by atoms with Crippen LogP contribution >= 0.6 is 0 Å². The minimum Gasteiger partial charge on any atom is -0.392 e. The third-order valence-corrected chi connectivity index (χ3v) is 4.84. The molecule has 1 aliphatic heterocycles. The molecule has 0 aliphatic carbocycles. The highest BCUT2D eigenvalue weighted by Crippen LogP contribution is 2.19. The van der Waals surface area contributed by atoms with Gasteiger partial charge in [-0.2, -0.15) is 0 Å². The Kier molecular flexibility index (Phi) is 4.38. The summed E-state index contributed by atoms with van der Waals surface area (Å²) in [5.41, 5.74) is 0. The molecule has 0 unspecified atom stereocenters. The predicted molar refractivity (Wildman–Crippen MR) is 68.6 cm³/mol. The number of sulfonamides is 1. The van der Waals surface area contributed by atoms with Crippen molar-refractivity contribution in [3.63, 3.8) is 0 Å². The normalized spacial score (nSPS) is 24.2. The SMILES string of the molecule is CN1C[C@H](O)C[C@H]1CNS(=O)(=O)c1c(F)cccc1F. The van der Waals surface area contributed by atoms with Gasteiger partial charge in [0.25, 0.3) is 0 Å². The van der Waals surface area contributed by atoms with Crippen molar-refractivity contribution in [2.24, 2.45) is 0 Å². The number of benzene rings is 1. The minimum atomic E-state index is -4.26. The summed E-state index contributed by atoms with van der Waals surface area (Å²) in [5, 5.41) is 9.47. The standard InChI is InChI=1S/C12H16F2N2O3S/c1-16-7-9(17)5-8(16)6-15-20(18,19)12-10(13)3-2-4-11(12)14/h2-4,8-9,15,17H,5-7H2,1H3/t8-,9+/m0/s1. The molecule has 20 heavy (non-hydrogen) atoms. The largest absolute Gasteiger partial charge is 0.392 e. The van der Waals surface area contributed by atoms with Crippen molar-refractivity contribution in [3.8, 4) is 0 Å². The molecule has 2 rings (SSSR count). The second kappa shape index (κ2) is 5.72. The molecule has 1 aliphatic rings. The molecule has 0 spiro atoms. The van der Waals surface area contributed by atoms with Crippen molar-refractivity contribution in [2.45, 2.75) is 23.5 Å². The number of aliphatic hydroxyl groups excluding tert-OH is 1. The number of nitrogens with one attached hydrogen (secondary N) is 1. The molecule has 1 aromatic carbocycles. The van der Waals surface area contributed by atoms with Gasteiger partial charge in [-0.3, -0.25) is 4.90 Å². The Bertz CT molecular complexity index is 574. The molecule has 1 fully saturated rings. The first kappa shape index (κ1) is 15.3. The summed E-state index contributed by atoms with van der Waals surface area (Å²) in [4.78, 5) is 0.825. The molecule has 0 amide bonds. The first-order valence-electron chi connectivity index (χ1n) is 6.13. The molecule has 112 valence electrons. The van der Waals surface area contributed by atoms with Crippen LogP contribution in [-0.4, -0.2) is 50.7 Å². The van der Waals surface area contributed by atoms with Crippen molar-refractivity contribution < 1.29 is 22.3 Å². The zero-order valence-corrected chi connectivity index (χ0v) is 11.7. The summed E-state index contributed by atoms with van der Waals surface area (Å²) in [6, 6.07) is 2.69. The number of rotatable bonds is 4. The monoisotopic (exact) mass is 306 g/mol. The molecule has 8 heteroatoms. The van der Waals surface area contributed by atoms with Crippen LogP contribution in [-0.2, 0) is 10.0 Å². The fraction of sp³-hybridized carbons (Fsp3) is 0.500. The van der Waals surface area contributed by atoms with Gasteiger partial charge >= 0.3 is 0 Å². The van der Waals surface area contributed by atoms with Gasteiger partial charge in [0, 0.05) is 19.1 Å². The van der Waals surface area contributed by atoms with Crippen LogP contribution in [0.15, 0.2) is 23.1 Å². The Hall–Kier alpha value is -1.09. The lowest BCUT2D eigenvalue weighted by atomic mass is 10.2. The number of likely N-dealkylation sites (tertiary alicyclic amines) is 1. The lowest BCUT2D eigenvalue weighted by Crippen LogP contribution is -2.38. The van der Waals surface area contributed by atoms with Gasteiger partial charge in [0.05, 0.1) is 6.10 Å². The molecule has 0 saturated carbocycles. The van der Waals surface area contributed by atoms with Gasteiger partial charge in [-0.1, -0.05) is 6.07 Å². The first-order chi connectivity index (χ1) is 9.31. The molecular formula is C12H16F2N2O3S. The average Bonchev–Trinajstić information content (AvgIpc) is 2.65. The first-order valence-corrected chi connectivity index (χ1v) is 7.61. The van der Waals surface area contributed by atoms with E-state index in [-0.39, 0.29) is 12.6 Å². The maximum absolute atomic E-state index is 13.5. The van der Waals surface area contributed by atoms with Crippen molar-refractivity contribution in [1.82, 2.24) is 9.62 Å². The zero-order valence-electron chi connectivity index (χ0n) is 10.9. The zero-order chi connectivity index (χ0) is 14.9. The van der Waals surface area contributed by atoms with E-state index in [4.69, 9.17) is 0 Å². The Morgan fingerprint density at radius 1 is 1.40 bits per heavy atom. The molecule has 5 nitrogen and oxygen atoms in total. The van der Waals surface area contributed by atoms with Crippen molar-refractivity contribution >= 4 is 10.0 Å². The second-order valence-electron chi connectivity index (χ2n) is 4.89. The van der Waals surface area contributed by atoms with Crippen LogP contribution in [0.5, 0.6) is 0 Å². The van der Waals surface area contributed by atoms with Gasteiger partial charge in [0.1, 0.15) is 11.6 Å². The molecule has 1 aromatic rings. The maximum atomic E-state index is 13.5. The highest BCUT2D eigenvalue weighted by molar-refractivity contribution is 7.89. The van der Waals surface area contributed by atoms with Gasteiger partial charge in [-0.05, 0) is 25.6 Å². The quantitative estimate of drug-likeness (QED) is 0.840. The fourth-order valence-corrected chi connectivity index (χ4v) is 3.51.